The topological polar surface area (TPSA) is 68.3 Å². The van der Waals surface area contributed by atoms with Crippen molar-refractivity contribution < 1.29 is 14.3 Å². The highest BCUT2D eigenvalue weighted by Crippen LogP contribution is 2.20. The summed E-state index contributed by atoms with van der Waals surface area (Å²) in [7, 11) is 1.34. The zero-order valence-electron chi connectivity index (χ0n) is 13.1. The Hall–Kier alpha value is -2.43. The molecule has 1 heterocycles. The van der Waals surface area contributed by atoms with Gasteiger partial charge >= 0.3 is 5.97 Å². The maximum atomic E-state index is 12.6. The van der Waals surface area contributed by atoms with Gasteiger partial charge in [0, 0.05) is 22.7 Å². The fraction of sp³-hybridized carbons (Fsp3) is 0.353. The van der Waals surface area contributed by atoms with E-state index in [1.165, 1.54) is 7.11 Å². The fourth-order valence-electron chi connectivity index (χ4n) is 2.29. The molecular formula is C17H20N2O3. The Balaban J connectivity index is 2.28. The molecule has 0 saturated heterocycles. The molecule has 0 aliphatic heterocycles. The maximum Gasteiger partial charge on any atom is 0.307 e. The van der Waals surface area contributed by atoms with Crippen molar-refractivity contribution in [1.29, 1.82) is 0 Å². The third-order valence-electron chi connectivity index (χ3n) is 3.85. The van der Waals surface area contributed by atoms with Crippen LogP contribution in [0.15, 0.2) is 36.5 Å². The minimum absolute atomic E-state index is 0.134. The molecule has 5 nitrogen and oxygen atoms in total. The first-order valence-corrected chi connectivity index (χ1v) is 7.22. The first-order chi connectivity index (χ1) is 10.5. The number of benzene rings is 1. The highest BCUT2D eigenvalue weighted by atomic mass is 16.5. The van der Waals surface area contributed by atoms with Crippen LogP contribution in [0.1, 0.15) is 37.0 Å². The van der Waals surface area contributed by atoms with Gasteiger partial charge in [-0.15, -0.1) is 0 Å². The lowest BCUT2D eigenvalue weighted by Crippen LogP contribution is -2.47. The average Bonchev–Trinajstić information content (AvgIpc) is 2.54. The van der Waals surface area contributed by atoms with Crippen molar-refractivity contribution in [1.82, 2.24) is 10.3 Å². The molecule has 1 N–H and O–H groups in total. The van der Waals surface area contributed by atoms with Crippen molar-refractivity contribution in [3.8, 4) is 0 Å². The molecule has 1 aromatic carbocycles. The van der Waals surface area contributed by atoms with Crippen LogP contribution < -0.4 is 5.32 Å². The number of carbonyl (C=O) groups excluding carboxylic acids is 2. The molecule has 0 fully saturated rings. The van der Waals surface area contributed by atoms with Crippen LogP contribution in [-0.4, -0.2) is 29.5 Å². The molecule has 2 aromatic rings. The summed E-state index contributed by atoms with van der Waals surface area (Å²) < 4.78 is 4.71. The second-order valence-electron chi connectivity index (χ2n) is 5.50. The van der Waals surface area contributed by atoms with Crippen LogP contribution in [0.2, 0.25) is 0 Å². The van der Waals surface area contributed by atoms with Crippen LogP contribution in [0.25, 0.3) is 10.9 Å². The van der Waals surface area contributed by atoms with Gasteiger partial charge in [0.15, 0.2) is 0 Å². The molecule has 1 atom stereocenters. The highest BCUT2D eigenvalue weighted by Gasteiger charge is 2.29. The maximum absolute atomic E-state index is 12.6. The lowest BCUT2D eigenvalue weighted by atomic mass is 9.93. The van der Waals surface area contributed by atoms with Gasteiger partial charge in [0.2, 0.25) is 0 Å². The monoisotopic (exact) mass is 300 g/mol. The Morgan fingerprint density at radius 2 is 2.05 bits per heavy atom. The molecule has 0 bridgehead atoms. The van der Waals surface area contributed by atoms with Crippen LogP contribution in [-0.2, 0) is 9.53 Å². The number of hydrogen-bond acceptors (Lipinski definition) is 4. The molecule has 0 aliphatic rings. The van der Waals surface area contributed by atoms with Gasteiger partial charge in [0.1, 0.15) is 0 Å². The minimum atomic E-state index is -0.644. The number of nitrogens with zero attached hydrogens (tertiary/aromatic N) is 1. The SMILES string of the molecule is CCC(C)(CC(=O)OC)NC(=O)c1cccc2ncccc12. The Labute approximate surface area is 129 Å². The minimum Gasteiger partial charge on any atom is -0.469 e. The van der Waals surface area contributed by atoms with Gasteiger partial charge in [-0.3, -0.25) is 14.6 Å². The second kappa shape index (κ2) is 6.56. The highest BCUT2D eigenvalue weighted by molar-refractivity contribution is 6.06. The van der Waals surface area contributed by atoms with Crippen LogP contribution in [0.5, 0.6) is 0 Å². The summed E-state index contributed by atoms with van der Waals surface area (Å²) in [6, 6.07) is 9.08. The lowest BCUT2D eigenvalue weighted by Gasteiger charge is -2.28. The summed E-state index contributed by atoms with van der Waals surface area (Å²) in [5.74, 6) is -0.559. The lowest BCUT2D eigenvalue weighted by molar-refractivity contribution is -0.142. The van der Waals surface area contributed by atoms with Crippen molar-refractivity contribution >= 4 is 22.8 Å². The number of pyridine rings is 1. The molecule has 22 heavy (non-hydrogen) atoms. The van der Waals surface area contributed by atoms with E-state index >= 15 is 0 Å². The summed E-state index contributed by atoms with van der Waals surface area (Å²) in [5.41, 5.74) is 0.672. The summed E-state index contributed by atoms with van der Waals surface area (Å²) in [6.07, 6.45) is 2.45. The number of amides is 1. The summed E-state index contributed by atoms with van der Waals surface area (Å²) in [4.78, 5) is 28.4. The number of hydrogen-bond donors (Lipinski definition) is 1. The molecule has 0 aliphatic carbocycles. The van der Waals surface area contributed by atoms with Crippen molar-refractivity contribution in [2.75, 3.05) is 7.11 Å². The van der Waals surface area contributed by atoms with E-state index in [1.807, 2.05) is 26.0 Å². The predicted molar refractivity (Wildman–Crippen MR) is 84.5 cm³/mol. The number of carbonyl (C=O) groups is 2. The van der Waals surface area contributed by atoms with Crippen molar-refractivity contribution in [2.45, 2.75) is 32.2 Å². The van der Waals surface area contributed by atoms with E-state index in [4.69, 9.17) is 4.74 Å². The first-order valence-electron chi connectivity index (χ1n) is 7.22. The molecule has 2 rings (SSSR count). The number of ether oxygens (including phenoxy) is 1. The summed E-state index contributed by atoms with van der Waals surface area (Å²) in [5, 5.41) is 3.74. The smallest absolute Gasteiger partial charge is 0.307 e. The molecule has 0 radical (unpaired) electrons. The molecular weight excluding hydrogens is 280 g/mol. The van der Waals surface area contributed by atoms with E-state index < -0.39 is 5.54 Å². The largest absolute Gasteiger partial charge is 0.469 e. The van der Waals surface area contributed by atoms with Gasteiger partial charge in [-0.05, 0) is 31.5 Å². The first kappa shape index (κ1) is 15.9. The zero-order chi connectivity index (χ0) is 16.2. The number of rotatable bonds is 5. The number of nitrogens with one attached hydrogen (secondary N) is 1. The predicted octanol–water partition coefficient (Wildman–Crippen LogP) is 2.70. The van der Waals surface area contributed by atoms with Crippen molar-refractivity contribution in [2.24, 2.45) is 0 Å². The summed E-state index contributed by atoms with van der Waals surface area (Å²) >= 11 is 0. The third kappa shape index (κ3) is 3.42. The summed E-state index contributed by atoms with van der Waals surface area (Å²) in [6.45, 7) is 3.76. The Morgan fingerprint density at radius 3 is 2.73 bits per heavy atom. The van der Waals surface area contributed by atoms with E-state index in [2.05, 4.69) is 10.3 Å². The fourth-order valence-corrected chi connectivity index (χ4v) is 2.29. The Bertz CT molecular complexity index is 694. The number of aromatic nitrogens is 1. The standard InChI is InChI=1S/C17H20N2O3/c1-4-17(2,11-15(20)22-3)19-16(21)13-7-5-9-14-12(13)8-6-10-18-14/h5-10H,4,11H2,1-3H3,(H,19,21). The third-order valence-corrected chi connectivity index (χ3v) is 3.85. The zero-order valence-corrected chi connectivity index (χ0v) is 13.1. The van der Waals surface area contributed by atoms with E-state index in [9.17, 15) is 9.59 Å². The number of esters is 1. The normalized spacial score (nSPS) is 13.4. The van der Waals surface area contributed by atoms with Gasteiger partial charge in [-0.2, -0.15) is 0 Å². The molecule has 0 saturated carbocycles. The molecule has 1 amide bonds. The van der Waals surface area contributed by atoms with Gasteiger partial charge in [-0.1, -0.05) is 19.1 Å². The number of fused-ring (bicyclic) bond motifs is 1. The molecule has 5 heteroatoms. The van der Waals surface area contributed by atoms with Gasteiger partial charge < -0.3 is 10.1 Å². The van der Waals surface area contributed by atoms with Gasteiger partial charge in [-0.25, -0.2) is 0 Å². The van der Waals surface area contributed by atoms with Gasteiger partial charge in [0.25, 0.3) is 5.91 Å². The van der Waals surface area contributed by atoms with E-state index in [1.54, 1.807) is 24.4 Å². The van der Waals surface area contributed by atoms with Crippen LogP contribution in [0, 0.1) is 0 Å². The molecule has 0 spiro atoms. The van der Waals surface area contributed by atoms with E-state index in [0.717, 1.165) is 10.9 Å². The quantitative estimate of drug-likeness (QED) is 0.862. The van der Waals surface area contributed by atoms with Gasteiger partial charge in [0.05, 0.1) is 19.0 Å². The molecule has 1 unspecified atom stereocenters. The molecule has 116 valence electrons. The average molecular weight is 300 g/mol. The Morgan fingerprint density at radius 1 is 1.27 bits per heavy atom. The Kier molecular flexibility index (Phi) is 4.75. The van der Waals surface area contributed by atoms with Crippen LogP contribution >= 0.6 is 0 Å². The van der Waals surface area contributed by atoms with Crippen LogP contribution in [0.4, 0.5) is 0 Å². The van der Waals surface area contributed by atoms with Crippen molar-refractivity contribution in [3.05, 3.63) is 42.1 Å². The van der Waals surface area contributed by atoms with Crippen molar-refractivity contribution in [3.63, 3.8) is 0 Å². The second-order valence-corrected chi connectivity index (χ2v) is 5.50. The molecule has 1 aromatic heterocycles. The van der Waals surface area contributed by atoms with E-state index in [-0.39, 0.29) is 18.3 Å². The van der Waals surface area contributed by atoms with Crippen LogP contribution in [0.3, 0.4) is 0 Å². The number of methoxy groups -OCH3 is 1. The van der Waals surface area contributed by atoms with E-state index in [0.29, 0.717) is 12.0 Å².